The standard InChI is InChI=1S/C21H21ClN4O3/c1-3-18-24-20(25-26(18)17-11-7-6-10-15(17)22)21(29)23-16(12-19(27)28)14-9-5-4-8-13(14)2/h4-11,16H,3,12H2,1-2H3,(H,23,29)(H,27,28). The molecule has 1 amide bonds. The molecular formula is C21H21ClN4O3. The molecule has 0 aliphatic carbocycles. The third-order valence-corrected chi connectivity index (χ3v) is 4.84. The molecule has 1 heterocycles. The second kappa shape index (κ2) is 8.87. The summed E-state index contributed by atoms with van der Waals surface area (Å²) in [7, 11) is 0. The van der Waals surface area contributed by atoms with E-state index in [1.807, 2.05) is 38.1 Å². The molecule has 8 heteroatoms. The van der Waals surface area contributed by atoms with Gasteiger partial charge in [-0.15, -0.1) is 5.10 Å². The zero-order valence-electron chi connectivity index (χ0n) is 16.1. The number of rotatable bonds is 7. The van der Waals surface area contributed by atoms with Gasteiger partial charge >= 0.3 is 5.97 Å². The van der Waals surface area contributed by atoms with Gasteiger partial charge in [-0.1, -0.05) is 54.9 Å². The highest BCUT2D eigenvalue weighted by Gasteiger charge is 2.24. The minimum Gasteiger partial charge on any atom is -0.481 e. The number of carboxylic acid groups (broad SMARTS) is 1. The van der Waals surface area contributed by atoms with Crippen LogP contribution in [0.1, 0.15) is 47.0 Å². The minimum absolute atomic E-state index is 0.0363. The maximum Gasteiger partial charge on any atom is 0.305 e. The summed E-state index contributed by atoms with van der Waals surface area (Å²) in [4.78, 5) is 28.5. The van der Waals surface area contributed by atoms with Crippen LogP contribution in [-0.4, -0.2) is 31.7 Å². The predicted molar refractivity (Wildman–Crippen MR) is 109 cm³/mol. The number of benzene rings is 2. The Morgan fingerprint density at radius 3 is 2.52 bits per heavy atom. The fourth-order valence-corrected chi connectivity index (χ4v) is 3.32. The van der Waals surface area contributed by atoms with E-state index in [4.69, 9.17) is 11.6 Å². The molecule has 0 bridgehead atoms. The fraction of sp³-hybridized carbons (Fsp3) is 0.238. The Balaban J connectivity index is 1.92. The van der Waals surface area contributed by atoms with Crippen molar-refractivity contribution in [3.63, 3.8) is 0 Å². The van der Waals surface area contributed by atoms with Gasteiger partial charge in [0.1, 0.15) is 5.82 Å². The number of carboxylic acids is 1. The van der Waals surface area contributed by atoms with Crippen LogP contribution in [0.4, 0.5) is 0 Å². The highest BCUT2D eigenvalue weighted by molar-refractivity contribution is 6.32. The van der Waals surface area contributed by atoms with Gasteiger partial charge in [-0.25, -0.2) is 9.67 Å². The number of hydrogen-bond donors (Lipinski definition) is 2. The van der Waals surface area contributed by atoms with Crippen LogP contribution < -0.4 is 5.32 Å². The molecule has 0 aliphatic heterocycles. The average Bonchev–Trinajstić information content (AvgIpc) is 3.12. The van der Waals surface area contributed by atoms with Gasteiger partial charge in [0.15, 0.2) is 0 Å². The second-order valence-electron chi connectivity index (χ2n) is 6.55. The molecule has 1 atom stereocenters. The molecule has 0 saturated heterocycles. The Morgan fingerprint density at radius 2 is 1.86 bits per heavy atom. The van der Waals surface area contributed by atoms with Crippen LogP contribution in [0.3, 0.4) is 0 Å². The van der Waals surface area contributed by atoms with Gasteiger partial charge in [0, 0.05) is 6.42 Å². The summed E-state index contributed by atoms with van der Waals surface area (Å²) in [6, 6.07) is 13.8. The lowest BCUT2D eigenvalue weighted by Crippen LogP contribution is -2.31. The van der Waals surface area contributed by atoms with E-state index in [1.54, 1.807) is 24.3 Å². The second-order valence-corrected chi connectivity index (χ2v) is 6.96. The maximum atomic E-state index is 12.8. The molecule has 0 fully saturated rings. The zero-order chi connectivity index (χ0) is 21.0. The lowest BCUT2D eigenvalue weighted by Gasteiger charge is -2.18. The SMILES string of the molecule is CCc1nc(C(=O)NC(CC(=O)O)c2ccccc2C)nn1-c1ccccc1Cl. The third-order valence-electron chi connectivity index (χ3n) is 4.52. The molecule has 2 N–H and O–H groups in total. The Labute approximate surface area is 173 Å². The Morgan fingerprint density at radius 1 is 1.17 bits per heavy atom. The summed E-state index contributed by atoms with van der Waals surface area (Å²) in [6.45, 7) is 3.77. The number of aryl methyl sites for hydroxylation is 2. The summed E-state index contributed by atoms with van der Waals surface area (Å²) in [5, 5.41) is 16.9. The first-order valence-corrected chi connectivity index (χ1v) is 9.57. The van der Waals surface area contributed by atoms with E-state index in [1.165, 1.54) is 4.68 Å². The van der Waals surface area contributed by atoms with Gasteiger partial charge in [-0.05, 0) is 30.2 Å². The summed E-state index contributed by atoms with van der Waals surface area (Å²) >= 11 is 6.26. The van der Waals surface area contributed by atoms with Crippen molar-refractivity contribution in [3.05, 3.63) is 76.3 Å². The number of carbonyl (C=O) groups is 2. The number of amides is 1. The van der Waals surface area contributed by atoms with Gasteiger partial charge in [-0.3, -0.25) is 9.59 Å². The van der Waals surface area contributed by atoms with Crippen LogP contribution in [0.15, 0.2) is 48.5 Å². The number of nitrogens with zero attached hydrogens (tertiary/aromatic N) is 3. The highest BCUT2D eigenvalue weighted by atomic mass is 35.5. The van der Waals surface area contributed by atoms with Crippen molar-refractivity contribution in [2.24, 2.45) is 0 Å². The number of para-hydroxylation sites is 1. The van der Waals surface area contributed by atoms with Crippen molar-refractivity contribution >= 4 is 23.5 Å². The van der Waals surface area contributed by atoms with Gasteiger partial charge in [-0.2, -0.15) is 0 Å². The molecule has 150 valence electrons. The summed E-state index contributed by atoms with van der Waals surface area (Å²) < 4.78 is 1.54. The highest BCUT2D eigenvalue weighted by Crippen LogP contribution is 2.23. The van der Waals surface area contributed by atoms with Crippen molar-refractivity contribution in [1.82, 2.24) is 20.1 Å². The van der Waals surface area contributed by atoms with Gasteiger partial charge in [0.05, 0.1) is 23.2 Å². The lowest BCUT2D eigenvalue weighted by molar-refractivity contribution is -0.137. The Hall–Kier alpha value is -3.19. The van der Waals surface area contributed by atoms with E-state index in [9.17, 15) is 14.7 Å². The molecule has 0 saturated carbocycles. The minimum atomic E-state index is -1.01. The normalized spacial score (nSPS) is 11.8. The van der Waals surface area contributed by atoms with Gasteiger partial charge in [0.25, 0.3) is 5.91 Å². The van der Waals surface area contributed by atoms with Crippen molar-refractivity contribution in [1.29, 1.82) is 0 Å². The van der Waals surface area contributed by atoms with E-state index in [0.29, 0.717) is 23.0 Å². The van der Waals surface area contributed by atoms with Crippen molar-refractivity contribution < 1.29 is 14.7 Å². The Bertz CT molecular complexity index is 1050. The topological polar surface area (TPSA) is 97.1 Å². The van der Waals surface area contributed by atoms with Crippen molar-refractivity contribution in [3.8, 4) is 5.69 Å². The maximum absolute atomic E-state index is 12.8. The van der Waals surface area contributed by atoms with E-state index in [0.717, 1.165) is 11.1 Å². The van der Waals surface area contributed by atoms with Crippen LogP contribution in [-0.2, 0) is 11.2 Å². The van der Waals surface area contributed by atoms with Gasteiger partial charge in [0.2, 0.25) is 5.82 Å². The molecular weight excluding hydrogens is 392 g/mol. The molecule has 1 unspecified atom stereocenters. The predicted octanol–water partition coefficient (Wildman–Crippen LogP) is 3.74. The first kappa shape index (κ1) is 20.5. The Kier molecular flexibility index (Phi) is 6.29. The van der Waals surface area contributed by atoms with Crippen molar-refractivity contribution in [2.45, 2.75) is 32.7 Å². The first-order chi connectivity index (χ1) is 13.9. The molecule has 0 spiro atoms. The molecule has 29 heavy (non-hydrogen) atoms. The van der Waals surface area contributed by atoms with E-state index in [-0.39, 0.29) is 12.2 Å². The number of aliphatic carboxylic acids is 1. The van der Waals surface area contributed by atoms with Crippen LogP contribution in [0.5, 0.6) is 0 Å². The van der Waals surface area contributed by atoms with E-state index in [2.05, 4.69) is 15.4 Å². The lowest BCUT2D eigenvalue weighted by atomic mass is 9.99. The first-order valence-electron chi connectivity index (χ1n) is 9.19. The fourth-order valence-electron chi connectivity index (χ4n) is 3.10. The van der Waals surface area contributed by atoms with E-state index < -0.39 is 17.9 Å². The number of nitrogens with one attached hydrogen (secondary N) is 1. The number of carbonyl (C=O) groups excluding carboxylic acids is 1. The number of hydrogen-bond acceptors (Lipinski definition) is 4. The zero-order valence-corrected chi connectivity index (χ0v) is 16.8. The molecule has 3 aromatic rings. The molecule has 7 nitrogen and oxygen atoms in total. The molecule has 1 aromatic heterocycles. The molecule has 2 aromatic carbocycles. The monoisotopic (exact) mass is 412 g/mol. The molecule has 0 radical (unpaired) electrons. The van der Waals surface area contributed by atoms with E-state index >= 15 is 0 Å². The van der Waals surface area contributed by atoms with Crippen LogP contribution in [0.2, 0.25) is 5.02 Å². The average molecular weight is 413 g/mol. The summed E-state index contributed by atoms with van der Waals surface area (Å²) in [5.41, 5.74) is 2.26. The smallest absolute Gasteiger partial charge is 0.305 e. The quantitative estimate of drug-likeness (QED) is 0.616. The number of halogens is 1. The third kappa shape index (κ3) is 4.63. The molecule has 3 rings (SSSR count). The molecule has 0 aliphatic rings. The van der Waals surface area contributed by atoms with Gasteiger partial charge < -0.3 is 10.4 Å². The largest absolute Gasteiger partial charge is 0.481 e. The van der Waals surface area contributed by atoms with Crippen LogP contribution >= 0.6 is 11.6 Å². The van der Waals surface area contributed by atoms with Crippen LogP contribution in [0.25, 0.3) is 5.69 Å². The van der Waals surface area contributed by atoms with Crippen molar-refractivity contribution in [2.75, 3.05) is 0 Å². The van der Waals surface area contributed by atoms with Crippen LogP contribution in [0, 0.1) is 6.92 Å². The summed E-state index contributed by atoms with van der Waals surface area (Å²) in [5.74, 6) is -1.01. The number of aromatic nitrogens is 3. The summed E-state index contributed by atoms with van der Waals surface area (Å²) in [6.07, 6.45) is 0.296.